The molecule has 0 fully saturated rings. The molecule has 3 aromatic carbocycles. The van der Waals surface area contributed by atoms with Crippen LogP contribution in [0.4, 0.5) is 0 Å². The van der Waals surface area contributed by atoms with Gasteiger partial charge in [-0.2, -0.15) is 0 Å². The van der Waals surface area contributed by atoms with Crippen molar-refractivity contribution in [1.29, 1.82) is 0 Å². The molecule has 0 atom stereocenters. The second-order valence-electron chi connectivity index (χ2n) is 5.35. The third-order valence-electron chi connectivity index (χ3n) is 3.70. The Morgan fingerprint density at radius 3 is 1.46 bits per heavy atom. The van der Waals surface area contributed by atoms with Crippen LogP contribution in [-0.2, 0) is 0 Å². The van der Waals surface area contributed by atoms with Gasteiger partial charge in [0, 0.05) is 16.7 Å². The third kappa shape index (κ3) is 3.55. The number of carbonyl (C=O) groups is 2. The first-order valence-corrected chi connectivity index (χ1v) is 7.72. The van der Waals surface area contributed by atoms with Crippen LogP contribution in [0.2, 0.25) is 0 Å². The fraction of sp³-hybridized carbons (Fsp3) is 0. The lowest BCUT2D eigenvalue weighted by Crippen LogP contribution is -2.06. The van der Waals surface area contributed by atoms with Crippen molar-refractivity contribution >= 4 is 17.1 Å². The molecule has 0 N–H and O–H groups in total. The topological polar surface area (TPSA) is 34.1 Å². The molecule has 116 valence electrons. The monoisotopic (exact) mass is 312 g/mol. The van der Waals surface area contributed by atoms with E-state index in [2.05, 4.69) is 0 Å². The molecular weight excluding hydrogens is 296 g/mol. The van der Waals surface area contributed by atoms with E-state index >= 15 is 0 Å². The van der Waals surface area contributed by atoms with Crippen molar-refractivity contribution in [2.75, 3.05) is 0 Å². The molecule has 0 radical (unpaired) electrons. The fourth-order valence-electron chi connectivity index (χ4n) is 2.46. The molecule has 3 rings (SSSR count). The molecule has 2 nitrogen and oxygen atoms in total. The van der Waals surface area contributed by atoms with Crippen LogP contribution in [-0.4, -0.2) is 11.6 Å². The van der Waals surface area contributed by atoms with Gasteiger partial charge < -0.3 is 0 Å². The van der Waals surface area contributed by atoms with Crippen LogP contribution < -0.4 is 0 Å². The summed E-state index contributed by atoms with van der Waals surface area (Å²) in [7, 11) is 0. The molecule has 0 aromatic heterocycles. The summed E-state index contributed by atoms with van der Waals surface area (Å²) in [5, 5.41) is 0. The zero-order chi connectivity index (χ0) is 16.8. The van der Waals surface area contributed by atoms with Crippen LogP contribution in [0.1, 0.15) is 26.3 Å². The van der Waals surface area contributed by atoms with E-state index in [1.54, 1.807) is 24.3 Å². The van der Waals surface area contributed by atoms with E-state index in [1.807, 2.05) is 66.7 Å². The van der Waals surface area contributed by atoms with Crippen LogP contribution in [0, 0.1) is 0 Å². The van der Waals surface area contributed by atoms with E-state index in [0.717, 1.165) is 5.56 Å². The molecule has 0 aliphatic heterocycles. The van der Waals surface area contributed by atoms with Crippen molar-refractivity contribution < 1.29 is 9.59 Å². The van der Waals surface area contributed by atoms with Gasteiger partial charge in [0.2, 0.25) is 0 Å². The number of hydrogen-bond acceptors (Lipinski definition) is 2. The maximum Gasteiger partial charge on any atom is 0.193 e. The highest BCUT2D eigenvalue weighted by atomic mass is 16.1. The van der Waals surface area contributed by atoms with Gasteiger partial charge in [0.25, 0.3) is 0 Å². The van der Waals surface area contributed by atoms with Gasteiger partial charge in [-0.1, -0.05) is 91.0 Å². The number of ketones is 2. The summed E-state index contributed by atoms with van der Waals surface area (Å²) in [6.07, 6.45) is 1.43. The Labute approximate surface area is 141 Å². The number of benzene rings is 3. The molecule has 0 bridgehead atoms. The predicted octanol–water partition coefficient (Wildman–Crippen LogP) is 4.84. The van der Waals surface area contributed by atoms with Gasteiger partial charge in [0.1, 0.15) is 0 Å². The van der Waals surface area contributed by atoms with E-state index in [4.69, 9.17) is 0 Å². The second-order valence-corrected chi connectivity index (χ2v) is 5.35. The van der Waals surface area contributed by atoms with Crippen molar-refractivity contribution in [2.24, 2.45) is 0 Å². The summed E-state index contributed by atoms with van der Waals surface area (Å²) in [5.74, 6) is -0.343. The Bertz CT molecular complexity index is 864. The maximum absolute atomic E-state index is 12.9. The highest BCUT2D eigenvalue weighted by Gasteiger charge is 2.16. The van der Waals surface area contributed by atoms with Gasteiger partial charge in [-0.3, -0.25) is 9.59 Å². The second kappa shape index (κ2) is 7.34. The first kappa shape index (κ1) is 15.6. The lowest BCUT2D eigenvalue weighted by molar-refractivity contribution is 0.102. The van der Waals surface area contributed by atoms with E-state index in [0.29, 0.717) is 16.7 Å². The first-order valence-electron chi connectivity index (χ1n) is 7.72. The van der Waals surface area contributed by atoms with Crippen LogP contribution >= 0.6 is 0 Å². The molecule has 0 aliphatic rings. The number of hydrogen-bond donors (Lipinski definition) is 0. The molecule has 3 aromatic rings. The number of allylic oxidation sites excluding steroid dienone is 2. The SMILES string of the molecule is O=C(/C=C(/C(=O)c1ccccc1)c1ccccc1)c1ccccc1. The van der Waals surface area contributed by atoms with E-state index in [-0.39, 0.29) is 11.6 Å². The van der Waals surface area contributed by atoms with E-state index < -0.39 is 0 Å². The largest absolute Gasteiger partial charge is 0.289 e. The number of Topliss-reactive ketones (excluding diaryl/α,β-unsaturated/α-hetero) is 1. The normalized spacial score (nSPS) is 11.1. The Balaban J connectivity index is 2.05. The highest BCUT2D eigenvalue weighted by Crippen LogP contribution is 2.21. The minimum Gasteiger partial charge on any atom is -0.289 e. The lowest BCUT2D eigenvalue weighted by Gasteiger charge is -2.07. The van der Waals surface area contributed by atoms with Gasteiger partial charge in [-0.15, -0.1) is 0 Å². The predicted molar refractivity (Wildman–Crippen MR) is 96.0 cm³/mol. The lowest BCUT2D eigenvalue weighted by atomic mass is 9.94. The Kier molecular flexibility index (Phi) is 4.78. The Hall–Kier alpha value is -3.26. The molecule has 0 saturated heterocycles. The molecule has 2 heteroatoms. The van der Waals surface area contributed by atoms with Gasteiger partial charge in [-0.25, -0.2) is 0 Å². The zero-order valence-electron chi connectivity index (χ0n) is 13.1. The molecular formula is C22H16O2. The van der Waals surface area contributed by atoms with Crippen molar-refractivity contribution in [3.05, 3.63) is 114 Å². The van der Waals surface area contributed by atoms with Crippen molar-refractivity contribution in [3.8, 4) is 0 Å². The number of rotatable bonds is 5. The minimum absolute atomic E-state index is 0.161. The molecule has 24 heavy (non-hydrogen) atoms. The van der Waals surface area contributed by atoms with Crippen LogP contribution in [0.3, 0.4) is 0 Å². The summed E-state index contributed by atoms with van der Waals surface area (Å²) in [5.41, 5.74) is 2.26. The number of carbonyl (C=O) groups excluding carboxylic acids is 2. The third-order valence-corrected chi connectivity index (χ3v) is 3.70. The summed E-state index contributed by atoms with van der Waals surface area (Å²) in [6, 6.07) is 27.2. The quantitative estimate of drug-likeness (QED) is 0.499. The molecule has 0 amide bonds. The Morgan fingerprint density at radius 1 is 0.542 bits per heavy atom. The Morgan fingerprint density at radius 2 is 0.958 bits per heavy atom. The molecule has 0 saturated carbocycles. The smallest absolute Gasteiger partial charge is 0.193 e. The van der Waals surface area contributed by atoms with Crippen LogP contribution in [0.15, 0.2) is 97.1 Å². The van der Waals surface area contributed by atoms with Crippen LogP contribution in [0.5, 0.6) is 0 Å². The van der Waals surface area contributed by atoms with Crippen molar-refractivity contribution in [1.82, 2.24) is 0 Å². The zero-order valence-corrected chi connectivity index (χ0v) is 13.1. The molecule has 0 aliphatic carbocycles. The van der Waals surface area contributed by atoms with Gasteiger partial charge >= 0.3 is 0 Å². The maximum atomic E-state index is 12.9. The van der Waals surface area contributed by atoms with Crippen molar-refractivity contribution in [2.45, 2.75) is 0 Å². The van der Waals surface area contributed by atoms with Gasteiger partial charge in [0.15, 0.2) is 11.6 Å². The first-order chi connectivity index (χ1) is 11.8. The molecule has 0 spiro atoms. The summed E-state index contributed by atoms with van der Waals surface area (Å²) in [6.45, 7) is 0. The summed E-state index contributed by atoms with van der Waals surface area (Å²) >= 11 is 0. The summed E-state index contributed by atoms with van der Waals surface area (Å²) < 4.78 is 0. The van der Waals surface area contributed by atoms with E-state index in [9.17, 15) is 9.59 Å². The van der Waals surface area contributed by atoms with E-state index in [1.165, 1.54) is 6.08 Å². The fourth-order valence-corrected chi connectivity index (χ4v) is 2.46. The van der Waals surface area contributed by atoms with Gasteiger partial charge in [0.05, 0.1) is 0 Å². The summed E-state index contributed by atoms with van der Waals surface area (Å²) in [4.78, 5) is 25.4. The minimum atomic E-state index is -0.182. The standard InChI is InChI=1S/C22H16O2/c23-21(18-12-6-2-7-13-18)16-20(17-10-4-1-5-11-17)22(24)19-14-8-3-9-15-19/h1-16H/b20-16+. The van der Waals surface area contributed by atoms with Crippen LogP contribution in [0.25, 0.3) is 5.57 Å². The highest BCUT2D eigenvalue weighted by molar-refractivity contribution is 6.32. The average Bonchev–Trinajstić information content (AvgIpc) is 2.67. The van der Waals surface area contributed by atoms with Crippen molar-refractivity contribution in [3.63, 3.8) is 0 Å². The molecule has 0 unspecified atom stereocenters. The van der Waals surface area contributed by atoms with Gasteiger partial charge in [-0.05, 0) is 11.6 Å². The molecule has 0 heterocycles. The average molecular weight is 312 g/mol.